The van der Waals surface area contributed by atoms with E-state index in [-0.39, 0.29) is 5.60 Å². The summed E-state index contributed by atoms with van der Waals surface area (Å²) in [7, 11) is 0. The van der Waals surface area contributed by atoms with E-state index >= 15 is 0 Å². The zero-order valence-electron chi connectivity index (χ0n) is 7.11. The Morgan fingerprint density at radius 1 is 1.30 bits per heavy atom. The fourth-order valence-electron chi connectivity index (χ4n) is 2.66. The first-order chi connectivity index (χ1) is 4.52. The third kappa shape index (κ3) is 0.731. The summed E-state index contributed by atoms with van der Waals surface area (Å²) in [5.74, 6) is 0. The Morgan fingerprint density at radius 3 is 2.20 bits per heavy atom. The zero-order chi connectivity index (χ0) is 7.41. The molecule has 0 aromatic carbocycles. The summed E-state index contributed by atoms with van der Waals surface area (Å²) < 4.78 is 5.88. The fraction of sp³-hybridized carbons (Fsp3) is 1.00. The van der Waals surface area contributed by atoms with E-state index in [1.54, 1.807) is 0 Å². The van der Waals surface area contributed by atoms with Gasteiger partial charge in [-0.25, -0.2) is 0 Å². The van der Waals surface area contributed by atoms with Gasteiger partial charge < -0.3 is 4.74 Å². The summed E-state index contributed by atoms with van der Waals surface area (Å²) in [6.07, 6.45) is 4.37. The average Bonchev–Trinajstić information content (AvgIpc) is 2.16. The van der Waals surface area contributed by atoms with Crippen molar-refractivity contribution in [1.82, 2.24) is 0 Å². The molecule has 2 aliphatic heterocycles. The van der Waals surface area contributed by atoms with Crippen LogP contribution in [0.25, 0.3) is 0 Å². The highest BCUT2D eigenvalue weighted by molar-refractivity contribution is 5.02. The van der Waals surface area contributed by atoms with Gasteiger partial charge in [-0.1, -0.05) is 13.8 Å². The fourth-order valence-corrected chi connectivity index (χ4v) is 2.66. The Kier molecular flexibility index (Phi) is 1.05. The van der Waals surface area contributed by atoms with E-state index in [0.717, 1.165) is 0 Å². The van der Waals surface area contributed by atoms with Crippen molar-refractivity contribution in [2.45, 2.75) is 51.7 Å². The van der Waals surface area contributed by atoms with Crippen LogP contribution in [-0.4, -0.2) is 11.7 Å². The molecule has 0 aromatic rings. The van der Waals surface area contributed by atoms with Crippen LogP contribution < -0.4 is 0 Å². The Balaban J connectivity index is 2.25. The number of fused-ring (bicyclic) bond motifs is 2. The number of hydrogen-bond acceptors (Lipinski definition) is 1. The van der Waals surface area contributed by atoms with E-state index in [9.17, 15) is 0 Å². The molecule has 2 rings (SSSR count). The molecule has 58 valence electrons. The van der Waals surface area contributed by atoms with Gasteiger partial charge in [0.25, 0.3) is 0 Å². The van der Waals surface area contributed by atoms with Crippen molar-refractivity contribution >= 4 is 0 Å². The third-order valence-corrected chi connectivity index (χ3v) is 3.06. The molecule has 0 spiro atoms. The predicted molar refractivity (Wildman–Crippen MR) is 40.9 cm³/mol. The molecule has 2 saturated heterocycles. The van der Waals surface area contributed by atoms with E-state index in [0.29, 0.717) is 11.5 Å². The first-order valence-corrected chi connectivity index (χ1v) is 4.20. The monoisotopic (exact) mass is 140 g/mol. The van der Waals surface area contributed by atoms with Crippen LogP contribution >= 0.6 is 0 Å². The molecule has 0 radical (unpaired) electrons. The molecule has 2 heterocycles. The van der Waals surface area contributed by atoms with Crippen molar-refractivity contribution in [3.63, 3.8) is 0 Å². The Morgan fingerprint density at radius 2 is 2.00 bits per heavy atom. The van der Waals surface area contributed by atoms with Crippen molar-refractivity contribution in [1.29, 1.82) is 0 Å². The van der Waals surface area contributed by atoms with Crippen LogP contribution in [0.2, 0.25) is 0 Å². The van der Waals surface area contributed by atoms with Crippen LogP contribution in [0, 0.1) is 5.41 Å². The average molecular weight is 140 g/mol. The molecular weight excluding hydrogens is 124 g/mol. The molecule has 1 nitrogen and oxygen atoms in total. The second-order valence-electron chi connectivity index (χ2n) is 4.76. The van der Waals surface area contributed by atoms with Gasteiger partial charge in [0.05, 0.1) is 11.7 Å². The van der Waals surface area contributed by atoms with Crippen molar-refractivity contribution in [2.24, 2.45) is 5.41 Å². The molecule has 1 heteroatoms. The van der Waals surface area contributed by atoms with Crippen LogP contribution in [0.15, 0.2) is 0 Å². The maximum Gasteiger partial charge on any atom is 0.0665 e. The van der Waals surface area contributed by atoms with E-state index < -0.39 is 0 Å². The van der Waals surface area contributed by atoms with Gasteiger partial charge in [0.2, 0.25) is 0 Å². The number of hydrogen-bond donors (Lipinski definition) is 0. The molecule has 2 bridgehead atoms. The second kappa shape index (κ2) is 1.58. The Bertz CT molecular complexity index is 159. The third-order valence-electron chi connectivity index (χ3n) is 3.06. The van der Waals surface area contributed by atoms with Crippen molar-refractivity contribution in [3.8, 4) is 0 Å². The van der Waals surface area contributed by atoms with Gasteiger partial charge in [0.15, 0.2) is 0 Å². The van der Waals surface area contributed by atoms with Crippen molar-refractivity contribution in [2.75, 3.05) is 0 Å². The van der Waals surface area contributed by atoms with E-state index in [1.807, 2.05) is 0 Å². The molecule has 0 amide bonds. The van der Waals surface area contributed by atoms with Crippen molar-refractivity contribution < 1.29 is 4.74 Å². The summed E-state index contributed by atoms with van der Waals surface area (Å²) in [6, 6.07) is 0. The zero-order valence-corrected chi connectivity index (χ0v) is 7.11. The van der Waals surface area contributed by atoms with Gasteiger partial charge >= 0.3 is 0 Å². The lowest BCUT2D eigenvalue weighted by molar-refractivity contribution is 0.0182. The minimum atomic E-state index is 0.244. The summed E-state index contributed by atoms with van der Waals surface area (Å²) in [5, 5.41) is 0. The maximum atomic E-state index is 5.88. The van der Waals surface area contributed by atoms with Gasteiger partial charge in [-0.15, -0.1) is 0 Å². The first kappa shape index (κ1) is 6.66. The number of ether oxygens (including phenoxy) is 1. The van der Waals surface area contributed by atoms with E-state index in [2.05, 4.69) is 20.8 Å². The van der Waals surface area contributed by atoms with Gasteiger partial charge in [0.1, 0.15) is 0 Å². The highest BCUT2D eigenvalue weighted by Crippen LogP contribution is 2.53. The summed E-state index contributed by atoms with van der Waals surface area (Å²) in [5.41, 5.74) is 0.696. The van der Waals surface area contributed by atoms with Gasteiger partial charge in [-0.2, -0.15) is 0 Å². The van der Waals surface area contributed by atoms with Gasteiger partial charge in [-0.05, 0) is 31.6 Å². The van der Waals surface area contributed by atoms with Crippen LogP contribution in [-0.2, 0) is 4.74 Å². The lowest BCUT2D eigenvalue weighted by Gasteiger charge is -2.28. The summed E-state index contributed by atoms with van der Waals surface area (Å²) in [4.78, 5) is 0. The lowest BCUT2D eigenvalue weighted by atomic mass is 9.73. The standard InChI is InChI=1S/C9H16O/c1-8(2)6-9(3)5-4-7(8)10-9/h7H,4-6H2,1-3H3. The van der Waals surface area contributed by atoms with Crippen LogP contribution in [0.1, 0.15) is 40.0 Å². The second-order valence-corrected chi connectivity index (χ2v) is 4.76. The molecule has 2 fully saturated rings. The highest BCUT2D eigenvalue weighted by Gasteiger charge is 2.52. The molecular formula is C9H16O. The molecule has 2 aliphatic rings. The minimum Gasteiger partial charge on any atom is -0.371 e. The molecule has 0 aromatic heterocycles. The summed E-state index contributed by atoms with van der Waals surface area (Å²) in [6.45, 7) is 6.89. The topological polar surface area (TPSA) is 9.23 Å². The molecule has 0 N–H and O–H groups in total. The smallest absolute Gasteiger partial charge is 0.0665 e. The molecule has 0 saturated carbocycles. The Hall–Kier alpha value is -0.0400. The van der Waals surface area contributed by atoms with Gasteiger partial charge in [-0.3, -0.25) is 0 Å². The highest BCUT2D eigenvalue weighted by atomic mass is 16.5. The number of rotatable bonds is 0. The maximum absolute atomic E-state index is 5.88. The Labute approximate surface area is 62.8 Å². The largest absolute Gasteiger partial charge is 0.371 e. The van der Waals surface area contributed by atoms with Crippen LogP contribution in [0.4, 0.5) is 0 Å². The van der Waals surface area contributed by atoms with Crippen molar-refractivity contribution in [3.05, 3.63) is 0 Å². The van der Waals surface area contributed by atoms with Crippen LogP contribution in [0.5, 0.6) is 0 Å². The van der Waals surface area contributed by atoms with Crippen LogP contribution in [0.3, 0.4) is 0 Å². The quantitative estimate of drug-likeness (QED) is 0.502. The SMILES string of the molecule is CC12CCC(O1)C(C)(C)C2. The molecule has 0 aliphatic carbocycles. The molecule has 2 unspecified atom stereocenters. The minimum absolute atomic E-state index is 0.244. The first-order valence-electron chi connectivity index (χ1n) is 4.20. The molecule has 10 heavy (non-hydrogen) atoms. The normalized spacial score (nSPS) is 50.1. The van der Waals surface area contributed by atoms with E-state index in [4.69, 9.17) is 4.74 Å². The van der Waals surface area contributed by atoms with Gasteiger partial charge in [0, 0.05) is 0 Å². The summed E-state index contributed by atoms with van der Waals surface area (Å²) >= 11 is 0. The lowest BCUT2D eigenvalue weighted by Crippen LogP contribution is -2.28. The van der Waals surface area contributed by atoms with E-state index in [1.165, 1.54) is 19.3 Å². The molecule has 2 atom stereocenters. The predicted octanol–water partition coefficient (Wildman–Crippen LogP) is 2.35.